The molecule has 4 N–H and O–H groups in total. The summed E-state index contributed by atoms with van der Waals surface area (Å²) >= 11 is 0. The van der Waals surface area contributed by atoms with Crippen molar-refractivity contribution in [3.63, 3.8) is 0 Å². The van der Waals surface area contributed by atoms with Crippen LogP contribution in [0.15, 0.2) is 48.5 Å². The molecule has 1 saturated heterocycles. The van der Waals surface area contributed by atoms with E-state index in [9.17, 15) is 9.18 Å². The topological polar surface area (TPSA) is 70.4 Å². The van der Waals surface area contributed by atoms with Gasteiger partial charge in [-0.25, -0.2) is 9.18 Å². The van der Waals surface area contributed by atoms with Crippen LogP contribution in [0.2, 0.25) is 0 Å². The zero-order valence-corrected chi connectivity index (χ0v) is 14.7. The lowest BCUT2D eigenvalue weighted by molar-refractivity contribution is 0.197. The number of piperidine rings is 1. The summed E-state index contributed by atoms with van der Waals surface area (Å²) in [5, 5.41) is 6.35. The summed E-state index contributed by atoms with van der Waals surface area (Å²) in [6.07, 6.45) is 2.67. The lowest BCUT2D eigenvalue weighted by Crippen LogP contribution is -2.44. The van der Waals surface area contributed by atoms with Gasteiger partial charge < -0.3 is 21.3 Å². The highest BCUT2D eigenvalue weighted by Crippen LogP contribution is 2.18. The fraction of sp³-hybridized carbons (Fsp3) is 0.350. The Kier molecular flexibility index (Phi) is 6.07. The van der Waals surface area contributed by atoms with Gasteiger partial charge in [-0.05, 0) is 67.8 Å². The fourth-order valence-corrected chi connectivity index (χ4v) is 3.13. The summed E-state index contributed by atoms with van der Waals surface area (Å²) in [6, 6.07) is 14.4. The molecule has 5 nitrogen and oxygen atoms in total. The van der Waals surface area contributed by atoms with Crippen molar-refractivity contribution in [1.82, 2.24) is 4.90 Å². The average Bonchev–Trinajstić information content (AvgIpc) is 2.66. The Bertz CT molecular complexity index is 710. The fourth-order valence-electron chi connectivity index (χ4n) is 3.13. The van der Waals surface area contributed by atoms with Gasteiger partial charge in [0.2, 0.25) is 0 Å². The molecule has 0 saturated carbocycles. The van der Waals surface area contributed by atoms with Crippen LogP contribution in [0.4, 0.5) is 20.6 Å². The molecular formula is C20H25FN4O. The summed E-state index contributed by atoms with van der Waals surface area (Å²) in [7, 11) is 0. The Hall–Kier alpha value is -2.60. The maximum atomic E-state index is 12.9. The van der Waals surface area contributed by atoms with Crippen molar-refractivity contribution in [3.8, 4) is 0 Å². The van der Waals surface area contributed by atoms with Gasteiger partial charge in [-0.1, -0.05) is 12.1 Å². The van der Waals surface area contributed by atoms with E-state index in [-0.39, 0.29) is 11.8 Å². The van der Waals surface area contributed by atoms with Gasteiger partial charge in [0.05, 0.1) is 0 Å². The molecule has 1 fully saturated rings. The Morgan fingerprint density at radius 1 is 1.04 bits per heavy atom. The van der Waals surface area contributed by atoms with Crippen LogP contribution in [-0.2, 0) is 6.42 Å². The molecule has 0 bridgehead atoms. The van der Waals surface area contributed by atoms with Crippen LogP contribution in [-0.4, -0.2) is 36.6 Å². The maximum absolute atomic E-state index is 12.9. The molecular weight excluding hydrogens is 331 g/mol. The first-order chi connectivity index (χ1) is 12.6. The van der Waals surface area contributed by atoms with Crippen molar-refractivity contribution in [3.05, 3.63) is 59.9 Å². The molecule has 0 aliphatic carbocycles. The largest absolute Gasteiger partial charge is 0.382 e. The highest BCUT2D eigenvalue weighted by atomic mass is 19.1. The van der Waals surface area contributed by atoms with E-state index in [1.54, 1.807) is 17.0 Å². The number of likely N-dealkylation sites (tertiary alicyclic amines) is 1. The van der Waals surface area contributed by atoms with Crippen LogP contribution in [0, 0.1) is 5.82 Å². The van der Waals surface area contributed by atoms with E-state index in [4.69, 9.17) is 5.73 Å². The van der Waals surface area contributed by atoms with E-state index < -0.39 is 0 Å². The lowest BCUT2D eigenvalue weighted by atomic mass is 10.0. The number of carbonyl (C=O) groups excluding carboxylic acids is 1. The molecule has 26 heavy (non-hydrogen) atoms. The van der Waals surface area contributed by atoms with Crippen LogP contribution in [0.1, 0.15) is 18.4 Å². The molecule has 2 aromatic rings. The Labute approximate surface area is 153 Å². The minimum atomic E-state index is -0.314. The Morgan fingerprint density at radius 3 is 2.27 bits per heavy atom. The number of hydrogen-bond donors (Lipinski definition) is 3. The molecule has 0 aromatic heterocycles. The summed E-state index contributed by atoms with van der Waals surface area (Å²) in [5.74, 6) is -0.314. The van der Waals surface area contributed by atoms with Crippen molar-refractivity contribution < 1.29 is 9.18 Å². The van der Waals surface area contributed by atoms with Gasteiger partial charge >= 0.3 is 6.03 Å². The number of urea groups is 1. The molecule has 2 aromatic carbocycles. The minimum Gasteiger partial charge on any atom is -0.382 e. The molecule has 0 spiro atoms. The highest BCUT2D eigenvalue weighted by Gasteiger charge is 2.22. The number of nitrogens with zero attached hydrogens (tertiary/aromatic N) is 1. The molecule has 0 atom stereocenters. The quantitative estimate of drug-likeness (QED) is 0.769. The minimum absolute atomic E-state index is 0.138. The molecule has 1 aliphatic heterocycles. The smallest absolute Gasteiger partial charge is 0.321 e. The molecule has 3 rings (SSSR count). The number of anilines is 2. The van der Waals surface area contributed by atoms with E-state index in [1.807, 2.05) is 0 Å². The third kappa shape index (κ3) is 4.95. The number of rotatable bonds is 5. The highest BCUT2D eigenvalue weighted by molar-refractivity contribution is 5.89. The zero-order chi connectivity index (χ0) is 18.4. The molecule has 0 radical (unpaired) electrons. The summed E-state index contributed by atoms with van der Waals surface area (Å²) in [4.78, 5) is 14.1. The monoisotopic (exact) mass is 356 g/mol. The van der Waals surface area contributed by atoms with Gasteiger partial charge in [0, 0.05) is 30.5 Å². The second kappa shape index (κ2) is 8.67. The molecule has 6 heteroatoms. The predicted molar refractivity (Wildman–Crippen MR) is 103 cm³/mol. The second-order valence-corrected chi connectivity index (χ2v) is 6.58. The van der Waals surface area contributed by atoms with E-state index >= 15 is 0 Å². The molecule has 1 heterocycles. The third-order valence-electron chi connectivity index (χ3n) is 4.64. The number of amides is 2. The zero-order valence-electron chi connectivity index (χ0n) is 14.7. The van der Waals surface area contributed by atoms with Crippen LogP contribution in [0.25, 0.3) is 0 Å². The van der Waals surface area contributed by atoms with Gasteiger partial charge in [0.1, 0.15) is 5.82 Å². The van der Waals surface area contributed by atoms with Crippen LogP contribution in [0.3, 0.4) is 0 Å². The summed E-state index contributed by atoms with van der Waals surface area (Å²) in [5.41, 5.74) is 8.52. The maximum Gasteiger partial charge on any atom is 0.321 e. The van der Waals surface area contributed by atoms with Gasteiger partial charge in [-0.3, -0.25) is 0 Å². The van der Waals surface area contributed by atoms with Crippen molar-refractivity contribution >= 4 is 17.4 Å². The Balaban J connectivity index is 1.46. The van der Waals surface area contributed by atoms with Gasteiger partial charge in [-0.15, -0.1) is 0 Å². The van der Waals surface area contributed by atoms with Crippen molar-refractivity contribution in [2.45, 2.75) is 25.3 Å². The average molecular weight is 356 g/mol. The number of benzene rings is 2. The van der Waals surface area contributed by atoms with E-state index in [0.29, 0.717) is 31.4 Å². The van der Waals surface area contributed by atoms with E-state index in [1.165, 1.54) is 17.7 Å². The van der Waals surface area contributed by atoms with E-state index in [0.717, 1.165) is 24.9 Å². The Morgan fingerprint density at radius 2 is 1.65 bits per heavy atom. The number of carbonyl (C=O) groups is 1. The first-order valence-electron chi connectivity index (χ1n) is 9.01. The third-order valence-corrected chi connectivity index (χ3v) is 4.64. The standard InChI is InChI=1S/C20H25FN4O/c21-16-3-7-18(8-4-16)24-20(26)25-13-10-19(11-14-25)23-17-5-1-15(2-6-17)9-12-22/h1-8,19,23H,9-14,22H2,(H,24,26). The predicted octanol–water partition coefficient (Wildman–Crippen LogP) is 3.44. The van der Waals surface area contributed by atoms with E-state index in [2.05, 4.69) is 34.9 Å². The molecule has 0 unspecified atom stereocenters. The molecule has 138 valence electrons. The summed E-state index contributed by atoms with van der Waals surface area (Å²) in [6.45, 7) is 2.04. The SMILES string of the molecule is NCCc1ccc(NC2CCN(C(=O)Nc3ccc(F)cc3)CC2)cc1. The number of nitrogens with one attached hydrogen (secondary N) is 2. The first-order valence-corrected chi connectivity index (χ1v) is 9.01. The van der Waals surface area contributed by atoms with Crippen LogP contribution >= 0.6 is 0 Å². The second-order valence-electron chi connectivity index (χ2n) is 6.58. The lowest BCUT2D eigenvalue weighted by Gasteiger charge is -2.33. The summed E-state index contributed by atoms with van der Waals surface area (Å²) < 4.78 is 12.9. The van der Waals surface area contributed by atoms with Crippen LogP contribution in [0.5, 0.6) is 0 Å². The van der Waals surface area contributed by atoms with Crippen molar-refractivity contribution in [2.24, 2.45) is 5.73 Å². The normalized spacial score (nSPS) is 14.9. The molecule has 2 amide bonds. The molecule has 1 aliphatic rings. The number of hydrogen-bond acceptors (Lipinski definition) is 3. The van der Waals surface area contributed by atoms with Gasteiger partial charge in [0.15, 0.2) is 0 Å². The van der Waals surface area contributed by atoms with Crippen molar-refractivity contribution in [2.75, 3.05) is 30.3 Å². The van der Waals surface area contributed by atoms with Crippen LogP contribution < -0.4 is 16.4 Å². The first kappa shape index (κ1) is 18.2. The number of nitrogens with two attached hydrogens (primary N) is 1. The van der Waals surface area contributed by atoms with Gasteiger partial charge in [0.25, 0.3) is 0 Å². The van der Waals surface area contributed by atoms with Crippen molar-refractivity contribution in [1.29, 1.82) is 0 Å². The number of halogens is 1. The van der Waals surface area contributed by atoms with Gasteiger partial charge in [-0.2, -0.15) is 0 Å².